The van der Waals surface area contributed by atoms with Gasteiger partial charge in [-0.3, -0.25) is 4.79 Å². The van der Waals surface area contributed by atoms with E-state index in [-0.39, 0.29) is 11.7 Å². The summed E-state index contributed by atoms with van der Waals surface area (Å²) in [6.07, 6.45) is 6.15. The smallest absolute Gasteiger partial charge is 0.316 e. The van der Waals surface area contributed by atoms with Crippen molar-refractivity contribution in [1.82, 2.24) is 14.1 Å². The Morgan fingerprint density at radius 2 is 1.80 bits per heavy atom. The molecule has 0 bridgehead atoms. The van der Waals surface area contributed by atoms with Crippen LogP contribution in [0.3, 0.4) is 0 Å². The van der Waals surface area contributed by atoms with E-state index in [1.807, 2.05) is 30.1 Å². The van der Waals surface area contributed by atoms with Crippen molar-refractivity contribution in [3.8, 4) is 11.4 Å². The van der Waals surface area contributed by atoms with Crippen LogP contribution in [0, 0.1) is 0 Å². The van der Waals surface area contributed by atoms with Crippen molar-refractivity contribution in [2.24, 2.45) is 0 Å². The molecule has 0 spiro atoms. The minimum Gasteiger partial charge on any atom is -0.483 e. The molecule has 1 aromatic carbocycles. The standard InChI is InChI=1S/C22H31N5O2S/c1-16(2)30-26-13-11-25(12-14-26)20-15-24-27(19-10-6-5-9-18(19)23)22(28)21(20)29-17-7-3-4-8-17/h5-6,9-10,15-17H,3-4,7-8,11-14,23H2,1-2H3. The molecule has 2 heterocycles. The molecule has 162 valence electrons. The van der Waals surface area contributed by atoms with Gasteiger partial charge in [-0.1, -0.05) is 37.9 Å². The molecule has 0 amide bonds. The highest BCUT2D eigenvalue weighted by atomic mass is 32.2. The summed E-state index contributed by atoms with van der Waals surface area (Å²) in [5.74, 6) is 0.408. The van der Waals surface area contributed by atoms with Gasteiger partial charge in [-0.05, 0) is 37.8 Å². The number of hydrogen-bond acceptors (Lipinski definition) is 7. The lowest BCUT2D eigenvalue weighted by molar-refractivity contribution is 0.206. The first-order valence-corrected chi connectivity index (χ1v) is 11.7. The van der Waals surface area contributed by atoms with Crippen molar-refractivity contribution >= 4 is 23.3 Å². The summed E-state index contributed by atoms with van der Waals surface area (Å²) in [6.45, 7) is 8.01. The molecule has 2 N–H and O–H groups in total. The molecular weight excluding hydrogens is 398 g/mol. The molecule has 2 aliphatic rings. The molecular formula is C22H31N5O2S. The normalized spacial score (nSPS) is 18.3. The molecule has 0 unspecified atom stereocenters. The van der Waals surface area contributed by atoms with E-state index >= 15 is 0 Å². The lowest BCUT2D eigenvalue weighted by Crippen LogP contribution is -2.45. The second kappa shape index (κ2) is 9.31. The van der Waals surface area contributed by atoms with Gasteiger partial charge in [0.2, 0.25) is 5.75 Å². The summed E-state index contributed by atoms with van der Waals surface area (Å²) in [6, 6.07) is 7.30. The molecule has 2 aromatic rings. The van der Waals surface area contributed by atoms with Gasteiger partial charge in [-0.2, -0.15) is 9.78 Å². The number of ether oxygens (including phenoxy) is 1. The number of nitrogens with two attached hydrogens (primary N) is 1. The minimum atomic E-state index is -0.240. The fourth-order valence-electron chi connectivity index (χ4n) is 4.12. The summed E-state index contributed by atoms with van der Waals surface area (Å²) in [5.41, 5.74) is 7.78. The Balaban J connectivity index is 1.65. The molecule has 0 radical (unpaired) electrons. The number of nitrogens with zero attached hydrogens (tertiary/aromatic N) is 4. The average molecular weight is 430 g/mol. The third-order valence-corrected chi connectivity index (χ3v) is 6.69. The summed E-state index contributed by atoms with van der Waals surface area (Å²) in [4.78, 5) is 15.7. The van der Waals surface area contributed by atoms with Crippen LogP contribution in [0.4, 0.5) is 11.4 Å². The summed E-state index contributed by atoms with van der Waals surface area (Å²) in [7, 11) is 0. The van der Waals surface area contributed by atoms with Crippen LogP contribution < -0.4 is 20.9 Å². The maximum absolute atomic E-state index is 13.5. The Labute approximate surface area is 182 Å². The molecule has 8 heteroatoms. The highest BCUT2D eigenvalue weighted by molar-refractivity contribution is 7.97. The molecule has 1 aliphatic heterocycles. The van der Waals surface area contributed by atoms with Gasteiger partial charge in [-0.15, -0.1) is 0 Å². The first kappa shape index (κ1) is 21.1. The third kappa shape index (κ3) is 4.59. The van der Waals surface area contributed by atoms with Crippen molar-refractivity contribution in [2.45, 2.75) is 50.9 Å². The number of nitrogen functional groups attached to an aromatic ring is 1. The van der Waals surface area contributed by atoms with Crippen LogP contribution >= 0.6 is 11.9 Å². The van der Waals surface area contributed by atoms with E-state index in [1.54, 1.807) is 12.3 Å². The Morgan fingerprint density at radius 1 is 1.10 bits per heavy atom. The Bertz CT molecular complexity index is 918. The maximum atomic E-state index is 13.5. The SMILES string of the molecule is CC(C)SN1CCN(c2cnn(-c3ccccc3N)c(=O)c2OC2CCCC2)CC1. The van der Waals surface area contributed by atoms with Gasteiger partial charge in [0.25, 0.3) is 0 Å². The van der Waals surface area contributed by atoms with Crippen LogP contribution in [-0.4, -0.2) is 51.6 Å². The van der Waals surface area contributed by atoms with E-state index in [0.29, 0.717) is 22.4 Å². The zero-order valence-corrected chi connectivity index (χ0v) is 18.6. The van der Waals surface area contributed by atoms with Crippen molar-refractivity contribution in [3.63, 3.8) is 0 Å². The zero-order valence-electron chi connectivity index (χ0n) is 17.8. The van der Waals surface area contributed by atoms with Crippen LogP contribution in [-0.2, 0) is 0 Å². The second-order valence-corrected chi connectivity index (χ2v) is 9.90. The molecule has 4 rings (SSSR count). The zero-order chi connectivity index (χ0) is 21.1. The number of aromatic nitrogens is 2. The first-order valence-electron chi connectivity index (χ1n) is 10.8. The van der Waals surface area contributed by atoms with Crippen LogP contribution in [0.5, 0.6) is 5.75 Å². The van der Waals surface area contributed by atoms with Crippen molar-refractivity contribution < 1.29 is 4.74 Å². The quantitative estimate of drug-likeness (QED) is 0.558. The van der Waals surface area contributed by atoms with Gasteiger partial charge in [-0.25, -0.2) is 4.31 Å². The van der Waals surface area contributed by atoms with Crippen LogP contribution in [0.25, 0.3) is 5.69 Å². The predicted molar refractivity (Wildman–Crippen MR) is 124 cm³/mol. The number of anilines is 2. The van der Waals surface area contributed by atoms with E-state index in [9.17, 15) is 4.79 Å². The Morgan fingerprint density at radius 3 is 2.47 bits per heavy atom. The van der Waals surface area contributed by atoms with Crippen LogP contribution in [0.15, 0.2) is 35.3 Å². The second-order valence-electron chi connectivity index (χ2n) is 8.23. The summed E-state index contributed by atoms with van der Waals surface area (Å²) < 4.78 is 10.1. The van der Waals surface area contributed by atoms with Crippen LogP contribution in [0.1, 0.15) is 39.5 Å². The van der Waals surface area contributed by atoms with Gasteiger partial charge in [0.15, 0.2) is 0 Å². The molecule has 30 heavy (non-hydrogen) atoms. The number of benzene rings is 1. The van der Waals surface area contributed by atoms with Gasteiger partial charge in [0, 0.05) is 31.4 Å². The molecule has 7 nitrogen and oxygen atoms in total. The van der Waals surface area contributed by atoms with E-state index in [2.05, 4.69) is 28.2 Å². The molecule has 1 aliphatic carbocycles. The highest BCUT2D eigenvalue weighted by Gasteiger charge is 2.27. The Hall–Kier alpha value is -2.19. The highest BCUT2D eigenvalue weighted by Crippen LogP contribution is 2.31. The first-order chi connectivity index (χ1) is 14.5. The van der Waals surface area contributed by atoms with Gasteiger partial charge in [0.05, 0.1) is 23.7 Å². The van der Waals surface area contributed by atoms with Gasteiger partial charge < -0.3 is 15.4 Å². The largest absolute Gasteiger partial charge is 0.483 e. The number of para-hydroxylation sites is 2. The molecule has 2 fully saturated rings. The summed E-state index contributed by atoms with van der Waals surface area (Å²) >= 11 is 1.89. The van der Waals surface area contributed by atoms with Crippen molar-refractivity contribution in [3.05, 3.63) is 40.8 Å². The van der Waals surface area contributed by atoms with E-state index < -0.39 is 0 Å². The van der Waals surface area contributed by atoms with Crippen molar-refractivity contribution in [2.75, 3.05) is 36.8 Å². The Kier molecular flexibility index (Phi) is 6.53. The topological polar surface area (TPSA) is 76.6 Å². The third-order valence-electron chi connectivity index (χ3n) is 5.61. The van der Waals surface area contributed by atoms with Gasteiger partial charge >= 0.3 is 5.56 Å². The fourth-order valence-corrected chi connectivity index (χ4v) is 5.09. The van der Waals surface area contributed by atoms with Gasteiger partial charge in [0.1, 0.15) is 5.69 Å². The summed E-state index contributed by atoms with van der Waals surface area (Å²) in [5, 5.41) is 5.04. The molecule has 1 saturated heterocycles. The monoisotopic (exact) mass is 429 g/mol. The predicted octanol–water partition coefficient (Wildman–Crippen LogP) is 3.31. The number of hydrogen-bond donors (Lipinski definition) is 1. The van der Waals surface area contributed by atoms with E-state index in [4.69, 9.17) is 10.5 Å². The van der Waals surface area contributed by atoms with E-state index in [0.717, 1.165) is 57.5 Å². The number of rotatable bonds is 6. The lowest BCUT2D eigenvalue weighted by atomic mass is 10.2. The van der Waals surface area contributed by atoms with Crippen molar-refractivity contribution in [1.29, 1.82) is 0 Å². The average Bonchev–Trinajstić information content (AvgIpc) is 3.24. The minimum absolute atomic E-state index is 0.0956. The molecule has 1 aromatic heterocycles. The fraction of sp³-hybridized carbons (Fsp3) is 0.545. The lowest BCUT2D eigenvalue weighted by Gasteiger charge is -2.36. The molecule has 0 atom stereocenters. The van der Waals surface area contributed by atoms with E-state index in [1.165, 1.54) is 4.68 Å². The maximum Gasteiger partial charge on any atom is 0.316 e. The number of piperazine rings is 1. The van der Waals surface area contributed by atoms with Crippen LogP contribution in [0.2, 0.25) is 0 Å². The molecule has 1 saturated carbocycles.